The van der Waals surface area contributed by atoms with Gasteiger partial charge in [-0.1, -0.05) is 13.0 Å². The molecule has 2 rings (SSSR count). The molecule has 0 heterocycles. The Morgan fingerprint density at radius 3 is 2.95 bits per heavy atom. The standard InChI is InChI=1S/C14H21NO3S/c1-2-19(16,17)9-8-18-12-7-6-11-4-3-5-14(15)13(11)10-12/h6-7,10,14H,2-5,8-9,15H2,1H3/t14-/m0/s1. The molecule has 0 spiro atoms. The van der Waals surface area contributed by atoms with Crippen molar-refractivity contribution < 1.29 is 13.2 Å². The molecule has 1 atom stereocenters. The monoisotopic (exact) mass is 283 g/mol. The molecule has 0 fully saturated rings. The van der Waals surface area contributed by atoms with E-state index in [4.69, 9.17) is 10.5 Å². The van der Waals surface area contributed by atoms with Gasteiger partial charge in [0, 0.05) is 11.8 Å². The molecule has 1 aliphatic rings. The molecule has 5 heteroatoms. The van der Waals surface area contributed by atoms with Crippen molar-refractivity contribution in [1.82, 2.24) is 0 Å². The Balaban J connectivity index is 2.00. The van der Waals surface area contributed by atoms with Crippen LogP contribution in [0.3, 0.4) is 0 Å². The molecule has 4 nitrogen and oxygen atoms in total. The normalized spacial score (nSPS) is 18.9. The van der Waals surface area contributed by atoms with E-state index in [-0.39, 0.29) is 24.2 Å². The third-order valence-corrected chi connectivity index (χ3v) is 5.25. The summed E-state index contributed by atoms with van der Waals surface area (Å²) in [5.41, 5.74) is 8.51. The highest BCUT2D eigenvalue weighted by Crippen LogP contribution is 2.30. The van der Waals surface area contributed by atoms with E-state index in [9.17, 15) is 8.42 Å². The van der Waals surface area contributed by atoms with Crippen LogP contribution in [0.15, 0.2) is 18.2 Å². The van der Waals surface area contributed by atoms with Crippen LogP contribution in [0.2, 0.25) is 0 Å². The summed E-state index contributed by atoms with van der Waals surface area (Å²) in [4.78, 5) is 0. The number of nitrogens with two attached hydrogens (primary N) is 1. The van der Waals surface area contributed by atoms with Crippen molar-refractivity contribution in [1.29, 1.82) is 0 Å². The first-order valence-electron chi connectivity index (χ1n) is 6.73. The Morgan fingerprint density at radius 2 is 2.21 bits per heavy atom. The highest BCUT2D eigenvalue weighted by molar-refractivity contribution is 7.91. The molecule has 0 aromatic heterocycles. The van der Waals surface area contributed by atoms with Crippen LogP contribution in [0.1, 0.15) is 36.9 Å². The van der Waals surface area contributed by atoms with Crippen molar-refractivity contribution in [3.05, 3.63) is 29.3 Å². The second kappa shape index (κ2) is 5.92. The number of sulfone groups is 1. The van der Waals surface area contributed by atoms with Crippen LogP contribution < -0.4 is 10.5 Å². The molecule has 106 valence electrons. The van der Waals surface area contributed by atoms with Gasteiger partial charge in [0.05, 0.1) is 5.75 Å². The SMILES string of the molecule is CCS(=O)(=O)CCOc1ccc2c(c1)[C@@H](N)CCC2. The van der Waals surface area contributed by atoms with Crippen LogP contribution in [-0.2, 0) is 16.3 Å². The zero-order valence-electron chi connectivity index (χ0n) is 11.3. The Morgan fingerprint density at radius 1 is 1.42 bits per heavy atom. The lowest BCUT2D eigenvalue weighted by molar-refractivity contribution is 0.339. The minimum absolute atomic E-state index is 0.0621. The number of rotatable bonds is 5. The van der Waals surface area contributed by atoms with Crippen molar-refractivity contribution in [2.75, 3.05) is 18.1 Å². The summed E-state index contributed by atoms with van der Waals surface area (Å²) in [7, 11) is -2.97. The third-order valence-electron chi connectivity index (χ3n) is 3.58. The molecule has 0 aliphatic heterocycles. The quantitative estimate of drug-likeness (QED) is 0.895. The summed E-state index contributed by atoms with van der Waals surface area (Å²) in [5, 5.41) is 0. The van der Waals surface area contributed by atoms with Gasteiger partial charge >= 0.3 is 0 Å². The highest BCUT2D eigenvalue weighted by atomic mass is 32.2. The first kappa shape index (κ1) is 14.3. The fourth-order valence-electron chi connectivity index (χ4n) is 2.33. The van der Waals surface area contributed by atoms with E-state index in [0.29, 0.717) is 5.75 Å². The minimum atomic E-state index is -2.97. The molecule has 0 saturated heterocycles. The lowest BCUT2D eigenvalue weighted by Gasteiger charge is -2.22. The molecule has 1 aromatic carbocycles. The van der Waals surface area contributed by atoms with E-state index in [0.717, 1.165) is 24.8 Å². The minimum Gasteiger partial charge on any atom is -0.493 e. The van der Waals surface area contributed by atoms with E-state index >= 15 is 0 Å². The fourth-order valence-corrected chi connectivity index (χ4v) is 2.96. The molecule has 1 aromatic rings. The number of hydrogen-bond donors (Lipinski definition) is 1. The summed E-state index contributed by atoms with van der Waals surface area (Å²) in [6.07, 6.45) is 3.19. The lowest BCUT2D eigenvalue weighted by atomic mass is 9.88. The van der Waals surface area contributed by atoms with Crippen molar-refractivity contribution in [3.63, 3.8) is 0 Å². The molecule has 19 heavy (non-hydrogen) atoms. The van der Waals surface area contributed by atoms with Gasteiger partial charge in [-0.3, -0.25) is 0 Å². The Labute approximate surface area is 114 Å². The van der Waals surface area contributed by atoms with Gasteiger partial charge in [0.1, 0.15) is 12.4 Å². The smallest absolute Gasteiger partial charge is 0.153 e. The van der Waals surface area contributed by atoms with E-state index in [1.807, 2.05) is 18.2 Å². The maximum atomic E-state index is 11.4. The van der Waals surface area contributed by atoms with Gasteiger partial charge in [-0.25, -0.2) is 8.42 Å². The maximum absolute atomic E-state index is 11.4. The van der Waals surface area contributed by atoms with Crippen LogP contribution in [0.4, 0.5) is 0 Å². The van der Waals surface area contributed by atoms with Crippen LogP contribution >= 0.6 is 0 Å². The van der Waals surface area contributed by atoms with Gasteiger partial charge in [0.15, 0.2) is 9.84 Å². The molecule has 0 amide bonds. The van der Waals surface area contributed by atoms with Crippen LogP contribution in [-0.4, -0.2) is 26.5 Å². The van der Waals surface area contributed by atoms with Gasteiger partial charge in [-0.05, 0) is 42.5 Å². The summed E-state index contributed by atoms with van der Waals surface area (Å²) in [6.45, 7) is 1.84. The predicted octanol–water partition coefficient (Wildman–Crippen LogP) is 1.84. The van der Waals surface area contributed by atoms with E-state index < -0.39 is 9.84 Å². The Kier molecular flexibility index (Phi) is 4.47. The summed E-state index contributed by atoms with van der Waals surface area (Å²) >= 11 is 0. The molecule has 1 aliphatic carbocycles. The van der Waals surface area contributed by atoms with E-state index in [1.54, 1.807) is 6.92 Å². The Bertz CT molecular complexity index is 540. The molecule has 0 bridgehead atoms. The molecule has 2 N–H and O–H groups in total. The Hall–Kier alpha value is -1.07. The molecule has 0 saturated carbocycles. The van der Waals surface area contributed by atoms with Crippen LogP contribution in [0.5, 0.6) is 5.75 Å². The van der Waals surface area contributed by atoms with E-state index in [2.05, 4.69) is 0 Å². The molecular weight excluding hydrogens is 262 g/mol. The van der Waals surface area contributed by atoms with Crippen molar-refractivity contribution in [2.45, 2.75) is 32.2 Å². The van der Waals surface area contributed by atoms with Crippen LogP contribution in [0.25, 0.3) is 0 Å². The number of benzene rings is 1. The van der Waals surface area contributed by atoms with Crippen molar-refractivity contribution >= 4 is 9.84 Å². The predicted molar refractivity (Wildman–Crippen MR) is 76.1 cm³/mol. The second-order valence-electron chi connectivity index (χ2n) is 4.94. The zero-order chi connectivity index (χ0) is 13.9. The number of ether oxygens (including phenoxy) is 1. The average Bonchev–Trinajstić information content (AvgIpc) is 2.39. The number of hydrogen-bond acceptors (Lipinski definition) is 4. The molecule has 0 unspecified atom stereocenters. The largest absolute Gasteiger partial charge is 0.493 e. The first-order chi connectivity index (χ1) is 9.02. The molecular formula is C14H21NO3S. The highest BCUT2D eigenvalue weighted by Gasteiger charge is 2.17. The van der Waals surface area contributed by atoms with Gasteiger partial charge < -0.3 is 10.5 Å². The van der Waals surface area contributed by atoms with Crippen molar-refractivity contribution in [3.8, 4) is 5.75 Å². The van der Waals surface area contributed by atoms with Crippen LogP contribution in [0, 0.1) is 0 Å². The fraction of sp³-hybridized carbons (Fsp3) is 0.571. The summed E-state index contributed by atoms with van der Waals surface area (Å²) in [5.74, 6) is 0.931. The zero-order valence-corrected chi connectivity index (χ0v) is 12.1. The van der Waals surface area contributed by atoms with Gasteiger partial charge in [0.2, 0.25) is 0 Å². The average molecular weight is 283 g/mol. The van der Waals surface area contributed by atoms with Crippen molar-refractivity contribution in [2.24, 2.45) is 5.73 Å². The number of aryl methyl sites for hydroxylation is 1. The topological polar surface area (TPSA) is 69.4 Å². The van der Waals surface area contributed by atoms with E-state index in [1.165, 1.54) is 5.56 Å². The third kappa shape index (κ3) is 3.70. The van der Waals surface area contributed by atoms with Gasteiger partial charge in [0.25, 0.3) is 0 Å². The van der Waals surface area contributed by atoms with Gasteiger partial charge in [-0.15, -0.1) is 0 Å². The number of fused-ring (bicyclic) bond motifs is 1. The second-order valence-corrected chi connectivity index (χ2v) is 7.42. The molecule has 0 radical (unpaired) electrons. The van der Waals surface area contributed by atoms with Gasteiger partial charge in [-0.2, -0.15) is 0 Å². The maximum Gasteiger partial charge on any atom is 0.153 e. The first-order valence-corrected chi connectivity index (χ1v) is 8.55. The lowest BCUT2D eigenvalue weighted by Crippen LogP contribution is -2.18. The summed E-state index contributed by atoms with van der Waals surface area (Å²) in [6, 6.07) is 5.97. The summed E-state index contributed by atoms with van der Waals surface area (Å²) < 4.78 is 28.3.